The second-order valence-electron chi connectivity index (χ2n) is 2.02. The summed E-state index contributed by atoms with van der Waals surface area (Å²) in [5.74, 6) is -0.635. The first-order valence-electron chi connectivity index (χ1n) is 3.10. The molecule has 0 atom stereocenters. The number of carbonyl (C=O) groups excluding carboxylic acids is 1. The molecule has 0 bridgehead atoms. The molecule has 0 aliphatic carbocycles. The van der Waals surface area contributed by atoms with E-state index in [2.05, 4.69) is 4.84 Å². The fraction of sp³-hybridized carbons (Fsp3) is 0.167. The van der Waals surface area contributed by atoms with Gasteiger partial charge in [-0.15, -0.1) is 4.73 Å². The number of nitrogens with zero attached hydrogens (tertiary/aromatic N) is 1. The van der Waals surface area contributed by atoms with Gasteiger partial charge in [0.1, 0.15) is 0 Å². The molecule has 66 valence electrons. The molecular weight excluding hydrogens is 187 g/mol. The van der Waals surface area contributed by atoms with E-state index in [-0.39, 0.29) is 29.6 Å². The van der Waals surface area contributed by atoms with Crippen molar-refractivity contribution < 1.29 is 9.63 Å². The molecule has 1 aromatic heterocycles. The SMILES string of the molecule is CC(=O)On1ccc(=O)[nH]c1=O.[NaH]. The molecule has 0 spiro atoms. The van der Waals surface area contributed by atoms with E-state index >= 15 is 0 Å². The molecule has 0 aliphatic rings. The van der Waals surface area contributed by atoms with Crippen LogP contribution < -0.4 is 16.1 Å². The van der Waals surface area contributed by atoms with Crippen LogP contribution in [0.2, 0.25) is 0 Å². The van der Waals surface area contributed by atoms with Gasteiger partial charge in [-0.1, -0.05) is 0 Å². The molecule has 0 unspecified atom stereocenters. The van der Waals surface area contributed by atoms with Gasteiger partial charge in [0.05, 0.1) is 6.20 Å². The predicted molar refractivity (Wildman–Crippen MR) is 45.7 cm³/mol. The van der Waals surface area contributed by atoms with E-state index in [1.165, 1.54) is 0 Å². The van der Waals surface area contributed by atoms with Crippen molar-refractivity contribution in [3.8, 4) is 0 Å². The molecule has 7 heteroatoms. The molecule has 0 saturated carbocycles. The van der Waals surface area contributed by atoms with E-state index in [0.29, 0.717) is 4.73 Å². The Morgan fingerprint density at radius 1 is 1.54 bits per heavy atom. The van der Waals surface area contributed by atoms with E-state index in [9.17, 15) is 14.4 Å². The fourth-order valence-electron chi connectivity index (χ4n) is 0.616. The summed E-state index contributed by atoms with van der Waals surface area (Å²) in [6.07, 6.45) is 1.07. The van der Waals surface area contributed by atoms with Crippen LogP contribution in [-0.2, 0) is 4.79 Å². The second-order valence-corrected chi connectivity index (χ2v) is 2.02. The van der Waals surface area contributed by atoms with Crippen LogP contribution in [0.3, 0.4) is 0 Å². The average Bonchev–Trinajstić information content (AvgIpc) is 1.94. The Labute approximate surface area is 94.8 Å². The Morgan fingerprint density at radius 3 is 2.62 bits per heavy atom. The third-order valence-corrected chi connectivity index (χ3v) is 1.02. The Bertz CT molecular complexity index is 408. The molecule has 6 nitrogen and oxygen atoms in total. The number of H-pyrrole nitrogens is 1. The van der Waals surface area contributed by atoms with Gasteiger partial charge in [-0.3, -0.25) is 9.78 Å². The van der Waals surface area contributed by atoms with Gasteiger partial charge in [0.15, 0.2) is 0 Å². The molecule has 0 aliphatic heterocycles. The van der Waals surface area contributed by atoms with Crippen LogP contribution in [0.25, 0.3) is 0 Å². The van der Waals surface area contributed by atoms with Crippen LogP contribution in [-0.4, -0.2) is 45.2 Å². The zero-order chi connectivity index (χ0) is 9.14. The van der Waals surface area contributed by atoms with Crippen LogP contribution in [0.4, 0.5) is 0 Å². The van der Waals surface area contributed by atoms with Gasteiger partial charge in [0.25, 0.3) is 5.56 Å². The first kappa shape index (κ1) is 12.2. The molecule has 13 heavy (non-hydrogen) atoms. The van der Waals surface area contributed by atoms with Gasteiger partial charge >= 0.3 is 41.2 Å². The summed E-state index contributed by atoms with van der Waals surface area (Å²) in [6, 6.07) is 1.07. The van der Waals surface area contributed by atoms with Crippen molar-refractivity contribution in [3.63, 3.8) is 0 Å². The van der Waals surface area contributed by atoms with Crippen molar-refractivity contribution in [1.29, 1.82) is 0 Å². The van der Waals surface area contributed by atoms with Crippen LogP contribution in [0.5, 0.6) is 0 Å². The molecule has 0 radical (unpaired) electrons. The Hall–Kier alpha value is -0.850. The summed E-state index contributed by atoms with van der Waals surface area (Å²) in [5.41, 5.74) is -1.32. The van der Waals surface area contributed by atoms with E-state index < -0.39 is 17.2 Å². The zero-order valence-corrected chi connectivity index (χ0v) is 6.23. The van der Waals surface area contributed by atoms with Gasteiger partial charge < -0.3 is 4.84 Å². The average molecular weight is 194 g/mol. The Kier molecular flexibility index (Phi) is 4.68. The summed E-state index contributed by atoms with van der Waals surface area (Å²) in [5, 5.41) is 0. The number of rotatable bonds is 1. The molecule has 0 fully saturated rings. The van der Waals surface area contributed by atoms with Crippen LogP contribution in [0.15, 0.2) is 21.9 Å². The molecule has 0 aromatic carbocycles. The van der Waals surface area contributed by atoms with E-state index in [1.54, 1.807) is 0 Å². The molecule has 1 heterocycles. The van der Waals surface area contributed by atoms with Crippen molar-refractivity contribution in [1.82, 2.24) is 9.71 Å². The fourth-order valence-corrected chi connectivity index (χ4v) is 0.616. The summed E-state index contributed by atoms with van der Waals surface area (Å²) in [7, 11) is 0. The zero-order valence-electron chi connectivity index (χ0n) is 6.23. The number of hydrogen-bond acceptors (Lipinski definition) is 4. The van der Waals surface area contributed by atoms with Gasteiger partial charge in [0, 0.05) is 13.0 Å². The van der Waals surface area contributed by atoms with Gasteiger partial charge in [-0.05, 0) is 0 Å². The summed E-state index contributed by atoms with van der Waals surface area (Å²) in [4.78, 5) is 38.0. The van der Waals surface area contributed by atoms with Crippen LogP contribution >= 0.6 is 0 Å². The maximum absolute atomic E-state index is 10.8. The first-order valence-corrected chi connectivity index (χ1v) is 3.10. The Balaban J connectivity index is 0.00000144. The monoisotopic (exact) mass is 194 g/mol. The van der Waals surface area contributed by atoms with Gasteiger partial charge in [0.2, 0.25) is 0 Å². The predicted octanol–water partition coefficient (Wildman–Crippen LogP) is -2.14. The summed E-state index contributed by atoms with van der Waals surface area (Å²) >= 11 is 0. The molecule has 1 N–H and O–H groups in total. The van der Waals surface area contributed by atoms with Gasteiger partial charge in [-0.25, -0.2) is 9.59 Å². The maximum atomic E-state index is 10.8. The molecule has 1 rings (SSSR count). The molecular formula is C6H7N2NaO4. The minimum absolute atomic E-state index is 0. The second kappa shape index (κ2) is 5.00. The summed E-state index contributed by atoms with van der Waals surface area (Å²) < 4.78 is 0.643. The first-order chi connectivity index (χ1) is 5.59. The van der Waals surface area contributed by atoms with Crippen molar-refractivity contribution in [3.05, 3.63) is 33.1 Å². The van der Waals surface area contributed by atoms with E-state index in [1.807, 2.05) is 4.98 Å². The van der Waals surface area contributed by atoms with Gasteiger partial charge in [-0.2, -0.15) is 0 Å². The number of aromatic amines is 1. The quantitative estimate of drug-likeness (QED) is 0.517. The van der Waals surface area contributed by atoms with Crippen molar-refractivity contribution in [2.24, 2.45) is 0 Å². The van der Waals surface area contributed by atoms with E-state index in [0.717, 1.165) is 19.2 Å². The number of aromatic nitrogens is 2. The topological polar surface area (TPSA) is 81.2 Å². The minimum atomic E-state index is -0.780. The van der Waals surface area contributed by atoms with Crippen molar-refractivity contribution >= 4 is 35.5 Å². The van der Waals surface area contributed by atoms with Crippen molar-refractivity contribution in [2.75, 3.05) is 0 Å². The number of hydrogen-bond donors (Lipinski definition) is 1. The van der Waals surface area contributed by atoms with Crippen LogP contribution in [0.1, 0.15) is 6.92 Å². The van der Waals surface area contributed by atoms with E-state index in [4.69, 9.17) is 0 Å². The Morgan fingerprint density at radius 2 is 2.15 bits per heavy atom. The molecule has 0 saturated heterocycles. The standard InChI is InChI=1S/C6H6N2O4.Na.H/c1-4(9)12-8-3-2-5(10)7-6(8)11;;/h2-3H,1H3,(H,7,10,11);;. The number of nitrogens with one attached hydrogen (secondary N) is 1. The summed E-state index contributed by atoms with van der Waals surface area (Å²) in [6.45, 7) is 1.15. The normalized spacial score (nSPS) is 8.69. The third-order valence-electron chi connectivity index (χ3n) is 1.02. The van der Waals surface area contributed by atoms with Crippen molar-refractivity contribution in [2.45, 2.75) is 6.92 Å². The van der Waals surface area contributed by atoms with Crippen LogP contribution in [0, 0.1) is 0 Å². The molecule has 1 aromatic rings. The number of carbonyl (C=O) groups is 1. The third kappa shape index (κ3) is 3.58. The molecule has 0 amide bonds.